The molecule has 0 saturated carbocycles. The molecule has 38 heavy (non-hydrogen) atoms. The minimum Gasteiger partial charge on any atom is -0.493 e. The highest BCUT2D eigenvalue weighted by atomic mass is 32.1. The number of nitrogens with one attached hydrogen (secondary N) is 1. The zero-order chi connectivity index (χ0) is 26.4. The van der Waals surface area contributed by atoms with E-state index in [1.54, 1.807) is 0 Å². The van der Waals surface area contributed by atoms with Crippen LogP contribution in [0.5, 0.6) is 11.5 Å². The molecule has 0 spiro atoms. The molecule has 11 heteroatoms. The van der Waals surface area contributed by atoms with Crippen molar-refractivity contribution in [2.45, 2.75) is 44.9 Å². The van der Waals surface area contributed by atoms with Crippen LogP contribution in [0, 0.1) is 0 Å². The number of hydrogen-bond acceptors (Lipinski definition) is 10. The molecule has 0 aliphatic heterocycles. The fraction of sp³-hybridized carbons (Fsp3) is 0.333. The van der Waals surface area contributed by atoms with Gasteiger partial charge >= 0.3 is 0 Å². The van der Waals surface area contributed by atoms with E-state index in [1.807, 2.05) is 60.7 Å². The molecule has 0 aliphatic rings. The number of rotatable bonds is 16. The monoisotopic (exact) mass is 551 g/mol. The maximum Gasteiger partial charge on any atom is 0.229 e. The van der Waals surface area contributed by atoms with E-state index in [4.69, 9.17) is 9.47 Å². The number of nitrogens with zero attached hydrogens (tertiary/aromatic N) is 4. The summed E-state index contributed by atoms with van der Waals surface area (Å²) in [6.07, 6.45) is 4.27. The molecule has 0 radical (unpaired) electrons. The molecule has 0 fully saturated rings. The second-order valence-electron chi connectivity index (χ2n) is 8.38. The van der Waals surface area contributed by atoms with Crippen LogP contribution in [0.4, 0.5) is 5.13 Å². The summed E-state index contributed by atoms with van der Waals surface area (Å²) in [4.78, 5) is 24.3. The number of para-hydroxylation sites is 2. The van der Waals surface area contributed by atoms with Crippen molar-refractivity contribution >= 4 is 39.5 Å². The van der Waals surface area contributed by atoms with Gasteiger partial charge in [0.25, 0.3) is 0 Å². The maximum atomic E-state index is 12.2. The fourth-order valence-corrected chi connectivity index (χ4v) is 5.15. The van der Waals surface area contributed by atoms with Gasteiger partial charge in [0.1, 0.15) is 32.3 Å². The van der Waals surface area contributed by atoms with E-state index in [0.717, 1.165) is 52.2 Å². The summed E-state index contributed by atoms with van der Waals surface area (Å²) in [5, 5.41) is 22.4. The van der Waals surface area contributed by atoms with E-state index in [9.17, 15) is 9.59 Å². The molecule has 0 aliphatic carbocycles. The van der Waals surface area contributed by atoms with E-state index in [-0.39, 0.29) is 24.5 Å². The number of benzene rings is 2. The summed E-state index contributed by atoms with van der Waals surface area (Å²) < 4.78 is 11.1. The lowest BCUT2D eigenvalue weighted by atomic mass is 10.2. The first kappa shape index (κ1) is 27.3. The minimum atomic E-state index is -0.155. The van der Waals surface area contributed by atoms with Gasteiger partial charge in [-0.25, -0.2) is 0 Å². The number of carbonyl (C=O) groups is 2. The summed E-state index contributed by atoms with van der Waals surface area (Å²) in [7, 11) is 0. The molecule has 198 valence electrons. The van der Waals surface area contributed by atoms with Crippen molar-refractivity contribution in [2.75, 3.05) is 18.5 Å². The zero-order valence-electron chi connectivity index (χ0n) is 20.9. The Balaban J connectivity index is 1.07. The second kappa shape index (κ2) is 14.9. The lowest BCUT2D eigenvalue weighted by Crippen LogP contribution is -2.15. The Labute approximate surface area is 229 Å². The number of anilines is 1. The van der Waals surface area contributed by atoms with Crippen molar-refractivity contribution in [1.29, 1.82) is 0 Å². The first-order valence-electron chi connectivity index (χ1n) is 12.4. The summed E-state index contributed by atoms with van der Waals surface area (Å²) >= 11 is 2.87. The van der Waals surface area contributed by atoms with E-state index >= 15 is 0 Å². The van der Waals surface area contributed by atoms with Gasteiger partial charge in [0.05, 0.1) is 26.1 Å². The van der Waals surface area contributed by atoms with Crippen LogP contribution in [0.15, 0.2) is 60.7 Å². The van der Waals surface area contributed by atoms with Crippen LogP contribution in [-0.4, -0.2) is 45.3 Å². The molecule has 9 nitrogen and oxygen atoms in total. The smallest absolute Gasteiger partial charge is 0.229 e. The number of amides is 1. The molecule has 2 heterocycles. The SMILES string of the molecule is O=C(CCOc1ccccc1)Cc1nnc(CCCCc2nnc(NC(=O)CCOc3ccccc3)s2)s1. The summed E-state index contributed by atoms with van der Waals surface area (Å²) in [5.41, 5.74) is 0. The van der Waals surface area contributed by atoms with Crippen LogP contribution in [0.25, 0.3) is 0 Å². The molecule has 0 saturated heterocycles. The Morgan fingerprint density at radius 3 is 1.89 bits per heavy atom. The van der Waals surface area contributed by atoms with E-state index < -0.39 is 0 Å². The van der Waals surface area contributed by atoms with Crippen LogP contribution in [-0.2, 0) is 28.9 Å². The maximum absolute atomic E-state index is 12.2. The van der Waals surface area contributed by atoms with Gasteiger partial charge in [-0.3, -0.25) is 9.59 Å². The van der Waals surface area contributed by atoms with Crippen molar-refractivity contribution in [2.24, 2.45) is 0 Å². The largest absolute Gasteiger partial charge is 0.493 e. The highest BCUT2D eigenvalue weighted by Gasteiger charge is 2.11. The molecule has 1 N–H and O–H groups in total. The van der Waals surface area contributed by atoms with Gasteiger partial charge in [0.2, 0.25) is 11.0 Å². The van der Waals surface area contributed by atoms with Gasteiger partial charge in [-0.15, -0.1) is 31.7 Å². The Hall–Kier alpha value is -3.70. The summed E-state index contributed by atoms with van der Waals surface area (Å²) in [5.74, 6) is 1.43. The van der Waals surface area contributed by atoms with Crippen molar-refractivity contribution in [1.82, 2.24) is 20.4 Å². The van der Waals surface area contributed by atoms with Crippen molar-refractivity contribution in [3.05, 3.63) is 75.7 Å². The fourth-order valence-electron chi connectivity index (χ4n) is 3.43. The molecule has 2 aromatic carbocycles. The van der Waals surface area contributed by atoms with Gasteiger partial charge < -0.3 is 14.8 Å². The Bertz CT molecular complexity index is 1180. The van der Waals surface area contributed by atoms with Crippen molar-refractivity contribution < 1.29 is 19.1 Å². The lowest BCUT2D eigenvalue weighted by molar-refractivity contribution is -0.119. The Morgan fingerprint density at radius 2 is 1.24 bits per heavy atom. The number of aromatic nitrogens is 4. The van der Waals surface area contributed by atoms with Gasteiger partial charge in [0, 0.05) is 19.3 Å². The lowest BCUT2D eigenvalue weighted by Gasteiger charge is -2.05. The zero-order valence-corrected chi connectivity index (χ0v) is 22.5. The van der Waals surface area contributed by atoms with Crippen LogP contribution in [0.3, 0.4) is 0 Å². The molecular weight excluding hydrogens is 522 g/mol. The van der Waals surface area contributed by atoms with E-state index in [0.29, 0.717) is 24.8 Å². The third-order valence-corrected chi connectivity index (χ3v) is 7.22. The topological polar surface area (TPSA) is 116 Å². The predicted octanol–water partition coefficient (Wildman–Crippen LogP) is 4.94. The normalized spacial score (nSPS) is 10.7. The highest BCUT2D eigenvalue weighted by Crippen LogP contribution is 2.19. The number of Topliss-reactive ketones (excluding diaryl/α,β-unsaturated/α-hetero) is 1. The van der Waals surface area contributed by atoms with Crippen LogP contribution in [0.2, 0.25) is 0 Å². The van der Waals surface area contributed by atoms with Crippen LogP contribution in [0.1, 0.15) is 40.7 Å². The molecule has 0 unspecified atom stereocenters. The summed E-state index contributed by atoms with van der Waals surface area (Å²) in [6, 6.07) is 18.8. The molecule has 0 atom stereocenters. The van der Waals surface area contributed by atoms with E-state index in [2.05, 4.69) is 25.7 Å². The molecule has 0 bridgehead atoms. The van der Waals surface area contributed by atoms with E-state index in [1.165, 1.54) is 22.7 Å². The number of ketones is 1. The Kier molecular flexibility index (Phi) is 10.7. The first-order chi connectivity index (χ1) is 18.6. The van der Waals surface area contributed by atoms with Gasteiger partial charge in [-0.05, 0) is 37.1 Å². The predicted molar refractivity (Wildman–Crippen MR) is 147 cm³/mol. The number of unbranched alkanes of at least 4 members (excludes halogenated alkanes) is 1. The van der Waals surface area contributed by atoms with Gasteiger partial charge in [0.15, 0.2) is 0 Å². The molecule has 1 amide bonds. The third-order valence-electron chi connectivity index (χ3n) is 5.34. The average molecular weight is 552 g/mol. The number of ether oxygens (including phenoxy) is 2. The number of aryl methyl sites for hydroxylation is 2. The Morgan fingerprint density at radius 1 is 0.684 bits per heavy atom. The molecular formula is C27H29N5O4S2. The molecule has 2 aromatic heterocycles. The van der Waals surface area contributed by atoms with Crippen LogP contribution < -0.4 is 14.8 Å². The standard InChI is InChI=1S/C27H29N5O4S2/c33-20(15-17-35-21-9-3-1-4-10-21)19-26-31-29-24(37-26)13-7-8-14-25-30-32-27(38-25)28-23(34)16-18-36-22-11-5-2-6-12-22/h1-6,9-12H,7-8,13-19H2,(H,28,32,34). The molecule has 4 aromatic rings. The summed E-state index contributed by atoms with van der Waals surface area (Å²) in [6.45, 7) is 0.653. The van der Waals surface area contributed by atoms with Crippen LogP contribution >= 0.6 is 22.7 Å². The number of carbonyl (C=O) groups excluding carboxylic acids is 2. The highest BCUT2D eigenvalue weighted by molar-refractivity contribution is 7.15. The minimum absolute atomic E-state index is 0.0894. The van der Waals surface area contributed by atoms with Gasteiger partial charge in [-0.2, -0.15) is 0 Å². The third kappa shape index (κ3) is 9.64. The second-order valence-corrected chi connectivity index (χ2v) is 10.6. The number of hydrogen-bond donors (Lipinski definition) is 1. The van der Waals surface area contributed by atoms with Crippen molar-refractivity contribution in [3.63, 3.8) is 0 Å². The quantitative estimate of drug-likeness (QED) is 0.195. The van der Waals surface area contributed by atoms with Gasteiger partial charge in [-0.1, -0.05) is 47.7 Å². The average Bonchev–Trinajstić information content (AvgIpc) is 3.57. The van der Waals surface area contributed by atoms with Crippen molar-refractivity contribution in [3.8, 4) is 11.5 Å². The molecule has 4 rings (SSSR count). The first-order valence-corrected chi connectivity index (χ1v) is 14.1.